The van der Waals surface area contributed by atoms with Gasteiger partial charge in [0.05, 0.1) is 11.1 Å². The Labute approximate surface area is 120 Å². The van der Waals surface area contributed by atoms with Crippen molar-refractivity contribution in [1.82, 2.24) is 5.32 Å². The molecule has 0 saturated carbocycles. The zero-order valence-corrected chi connectivity index (χ0v) is 12.1. The highest BCUT2D eigenvalue weighted by molar-refractivity contribution is 7.10. The lowest BCUT2D eigenvalue weighted by molar-refractivity contribution is 0.174. The number of aliphatic hydroxyl groups is 1. The van der Waals surface area contributed by atoms with Gasteiger partial charge in [0.25, 0.3) is 0 Å². The highest BCUT2D eigenvalue weighted by Gasteiger charge is 2.10. The predicted molar refractivity (Wildman–Crippen MR) is 77.1 cm³/mol. The maximum atomic E-state index is 13.3. The molecule has 0 radical (unpaired) electrons. The lowest BCUT2D eigenvalue weighted by atomic mass is 10.1. The van der Waals surface area contributed by atoms with Crippen LogP contribution in [-0.2, 0) is 6.54 Å². The molecule has 0 saturated heterocycles. The molecular weight excluding hydrogens is 285 g/mol. The quantitative estimate of drug-likeness (QED) is 0.883. The molecule has 2 N–H and O–H groups in total. The third-order valence-electron chi connectivity index (χ3n) is 2.92. The van der Waals surface area contributed by atoms with E-state index >= 15 is 0 Å². The van der Waals surface area contributed by atoms with E-state index in [0.717, 1.165) is 0 Å². The summed E-state index contributed by atoms with van der Waals surface area (Å²) < 4.78 is 13.3. The second-order valence-electron chi connectivity index (χ2n) is 4.35. The van der Waals surface area contributed by atoms with Crippen LogP contribution in [0.1, 0.15) is 22.1 Å². The molecule has 0 aliphatic carbocycles. The van der Waals surface area contributed by atoms with Crippen molar-refractivity contribution >= 4 is 22.9 Å². The van der Waals surface area contributed by atoms with Crippen molar-refractivity contribution in [2.75, 3.05) is 6.54 Å². The van der Waals surface area contributed by atoms with Gasteiger partial charge in [0.15, 0.2) is 0 Å². The maximum Gasteiger partial charge on any atom is 0.142 e. The van der Waals surface area contributed by atoms with E-state index in [4.69, 9.17) is 11.6 Å². The number of hydrogen-bond donors (Lipinski definition) is 2. The molecule has 2 aromatic rings. The lowest BCUT2D eigenvalue weighted by Gasteiger charge is -2.12. The number of halogens is 2. The summed E-state index contributed by atoms with van der Waals surface area (Å²) in [5, 5.41) is 15.2. The average molecular weight is 300 g/mol. The van der Waals surface area contributed by atoms with Gasteiger partial charge in [0.2, 0.25) is 0 Å². The largest absolute Gasteiger partial charge is 0.387 e. The van der Waals surface area contributed by atoms with Gasteiger partial charge in [-0.3, -0.25) is 0 Å². The van der Waals surface area contributed by atoms with Crippen LogP contribution < -0.4 is 5.32 Å². The molecule has 1 unspecified atom stereocenters. The Morgan fingerprint density at radius 1 is 1.42 bits per heavy atom. The first-order valence-corrected chi connectivity index (χ1v) is 7.20. The minimum Gasteiger partial charge on any atom is -0.387 e. The van der Waals surface area contributed by atoms with Crippen LogP contribution in [0.15, 0.2) is 29.6 Å². The Morgan fingerprint density at radius 2 is 2.21 bits per heavy atom. The van der Waals surface area contributed by atoms with Gasteiger partial charge in [-0.1, -0.05) is 17.7 Å². The Hall–Kier alpha value is -0.940. The normalized spacial score (nSPS) is 12.6. The molecule has 2 nitrogen and oxygen atoms in total. The molecule has 5 heteroatoms. The summed E-state index contributed by atoms with van der Waals surface area (Å²) >= 11 is 7.28. The lowest BCUT2D eigenvalue weighted by Crippen LogP contribution is -2.21. The molecule has 0 amide bonds. The van der Waals surface area contributed by atoms with Gasteiger partial charge in [-0.05, 0) is 41.6 Å². The van der Waals surface area contributed by atoms with Gasteiger partial charge < -0.3 is 10.4 Å². The summed E-state index contributed by atoms with van der Waals surface area (Å²) in [5.74, 6) is -0.507. The second-order valence-corrected chi connectivity index (χ2v) is 5.75. The first kappa shape index (κ1) is 14.5. The van der Waals surface area contributed by atoms with Crippen LogP contribution in [0.4, 0.5) is 4.39 Å². The van der Waals surface area contributed by atoms with E-state index in [2.05, 4.69) is 18.3 Å². The van der Waals surface area contributed by atoms with Crippen molar-refractivity contribution in [2.24, 2.45) is 0 Å². The Kier molecular flexibility index (Phi) is 4.93. The van der Waals surface area contributed by atoms with E-state index < -0.39 is 11.9 Å². The highest BCUT2D eigenvalue weighted by Crippen LogP contribution is 2.20. The summed E-state index contributed by atoms with van der Waals surface area (Å²) in [6, 6.07) is 6.42. The summed E-state index contributed by atoms with van der Waals surface area (Å²) in [6.07, 6.45) is -0.743. The van der Waals surface area contributed by atoms with Crippen LogP contribution in [0.2, 0.25) is 5.02 Å². The monoisotopic (exact) mass is 299 g/mol. The summed E-state index contributed by atoms with van der Waals surface area (Å²) in [4.78, 5) is 1.24. The fourth-order valence-electron chi connectivity index (χ4n) is 1.75. The maximum absolute atomic E-state index is 13.3. The van der Waals surface area contributed by atoms with Gasteiger partial charge in [0, 0.05) is 18.0 Å². The van der Waals surface area contributed by atoms with Crippen LogP contribution >= 0.6 is 22.9 Å². The van der Waals surface area contributed by atoms with Crippen molar-refractivity contribution in [1.29, 1.82) is 0 Å². The molecule has 0 aliphatic rings. The van der Waals surface area contributed by atoms with Crippen LogP contribution in [0.3, 0.4) is 0 Å². The minimum atomic E-state index is -0.743. The number of benzene rings is 1. The van der Waals surface area contributed by atoms with E-state index in [1.807, 2.05) is 5.38 Å². The SMILES string of the molecule is Cc1ccsc1CNCC(O)c1ccc(Cl)c(F)c1. The molecule has 1 heterocycles. The van der Waals surface area contributed by atoms with Crippen LogP contribution in [0.5, 0.6) is 0 Å². The molecular formula is C14H15ClFNOS. The van der Waals surface area contributed by atoms with E-state index in [1.54, 1.807) is 17.4 Å². The van der Waals surface area contributed by atoms with Gasteiger partial charge in [0.1, 0.15) is 5.82 Å². The van der Waals surface area contributed by atoms with Gasteiger partial charge >= 0.3 is 0 Å². The fraction of sp³-hybridized carbons (Fsp3) is 0.286. The number of aryl methyl sites for hydroxylation is 1. The number of nitrogens with one attached hydrogen (secondary N) is 1. The molecule has 0 bridgehead atoms. The molecule has 19 heavy (non-hydrogen) atoms. The Balaban J connectivity index is 1.89. The third kappa shape index (κ3) is 3.76. The van der Waals surface area contributed by atoms with Crippen LogP contribution in [0.25, 0.3) is 0 Å². The van der Waals surface area contributed by atoms with Crippen LogP contribution in [-0.4, -0.2) is 11.7 Å². The minimum absolute atomic E-state index is 0.0677. The zero-order chi connectivity index (χ0) is 13.8. The van der Waals surface area contributed by atoms with Crippen molar-refractivity contribution in [3.63, 3.8) is 0 Å². The number of thiophene rings is 1. The predicted octanol–water partition coefficient (Wildman–Crippen LogP) is 3.67. The highest BCUT2D eigenvalue weighted by atomic mass is 35.5. The topological polar surface area (TPSA) is 32.3 Å². The number of aliphatic hydroxyl groups excluding tert-OH is 1. The van der Waals surface area contributed by atoms with Crippen molar-refractivity contribution in [3.8, 4) is 0 Å². The molecule has 1 atom stereocenters. The van der Waals surface area contributed by atoms with Crippen molar-refractivity contribution in [2.45, 2.75) is 19.6 Å². The van der Waals surface area contributed by atoms with Crippen LogP contribution in [0, 0.1) is 12.7 Å². The first-order chi connectivity index (χ1) is 9.08. The smallest absolute Gasteiger partial charge is 0.142 e. The summed E-state index contributed by atoms with van der Waals surface area (Å²) in [6.45, 7) is 3.13. The van der Waals surface area contributed by atoms with E-state index in [9.17, 15) is 9.50 Å². The average Bonchev–Trinajstić information content (AvgIpc) is 2.78. The van der Waals surface area contributed by atoms with Crippen molar-refractivity contribution < 1.29 is 9.50 Å². The van der Waals surface area contributed by atoms with Crippen molar-refractivity contribution in [3.05, 3.63) is 56.5 Å². The Morgan fingerprint density at radius 3 is 2.84 bits per heavy atom. The molecule has 1 aromatic carbocycles. The molecule has 0 fully saturated rings. The second kappa shape index (κ2) is 6.48. The van der Waals surface area contributed by atoms with E-state index in [-0.39, 0.29) is 5.02 Å². The summed E-state index contributed by atoms with van der Waals surface area (Å²) in [5.41, 5.74) is 1.77. The number of rotatable bonds is 5. The van der Waals surface area contributed by atoms with Gasteiger partial charge in [-0.2, -0.15) is 0 Å². The van der Waals surface area contributed by atoms with E-state index in [0.29, 0.717) is 18.7 Å². The van der Waals surface area contributed by atoms with Gasteiger partial charge in [-0.25, -0.2) is 4.39 Å². The third-order valence-corrected chi connectivity index (χ3v) is 4.25. The molecule has 102 valence electrons. The molecule has 0 aliphatic heterocycles. The fourth-order valence-corrected chi connectivity index (χ4v) is 2.74. The molecule has 2 rings (SSSR count). The molecule has 0 spiro atoms. The number of hydrogen-bond acceptors (Lipinski definition) is 3. The zero-order valence-electron chi connectivity index (χ0n) is 10.5. The first-order valence-electron chi connectivity index (χ1n) is 5.94. The molecule has 1 aromatic heterocycles. The standard InChI is InChI=1S/C14H15ClFNOS/c1-9-4-5-19-14(9)8-17-7-13(18)10-2-3-11(15)12(16)6-10/h2-6,13,17-18H,7-8H2,1H3. The Bertz CT molecular complexity index is 558. The van der Waals surface area contributed by atoms with Gasteiger partial charge in [-0.15, -0.1) is 11.3 Å². The summed E-state index contributed by atoms with van der Waals surface area (Å²) in [7, 11) is 0. The van der Waals surface area contributed by atoms with E-state index in [1.165, 1.54) is 22.6 Å².